The molecule has 1 atom stereocenters. The van der Waals surface area contributed by atoms with Gasteiger partial charge in [0.2, 0.25) is 0 Å². The fourth-order valence-corrected chi connectivity index (χ4v) is 3.66. The van der Waals surface area contributed by atoms with Crippen LogP contribution in [0.5, 0.6) is 0 Å². The molecule has 5 rings (SSSR count). The summed E-state index contributed by atoms with van der Waals surface area (Å²) in [6.45, 7) is 2.09. The fraction of sp³-hybridized carbons (Fsp3) is 0.130. The number of rotatable bonds is 1. The Morgan fingerprint density at radius 3 is 2.71 bits per heavy atom. The van der Waals surface area contributed by atoms with Crippen molar-refractivity contribution in [1.82, 2.24) is 30.5 Å². The quantitative estimate of drug-likeness (QED) is 0.441. The number of nitrogens with zero attached hydrogens (tertiary/aromatic N) is 5. The Morgan fingerprint density at radius 2 is 1.84 bits per heavy atom. The summed E-state index contributed by atoms with van der Waals surface area (Å²) in [4.78, 5) is 13.7. The molecule has 4 aromatic heterocycles. The first-order chi connectivity index (χ1) is 15.1. The Kier molecular flexibility index (Phi) is 4.59. The van der Waals surface area contributed by atoms with E-state index in [1.54, 1.807) is 24.8 Å². The van der Waals surface area contributed by atoms with Crippen molar-refractivity contribution in [2.75, 3.05) is 12.4 Å². The predicted molar refractivity (Wildman–Crippen MR) is 120 cm³/mol. The van der Waals surface area contributed by atoms with Gasteiger partial charge in [-0.05, 0) is 41.5 Å². The highest BCUT2D eigenvalue weighted by atomic mass is 15.2. The molecule has 31 heavy (non-hydrogen) atoms. The van der Waals surface area contributed by atoms with Crippen LogP contribution >= 0.6 is 0 Å². The first-order valence-electron chi connectivity index (χ1n) is 9.91. The summed E-state index contributed by atoms with van der Waals surface area (Å²) >= 11 is 0. The molecule has 0 aliphatic carbocycles. The second-order valence-corrected chi connectivity index (χ2v) is 7.41. The summed E-state index contributed by atoms with van der Waals surface area (Å²) in [7, 11) is 1.81. The zero-order valence-corrected chi connectivity index (χ0v) is 17.1. The Morgan fingerprint density at radius 1 is 0.968 bits per heavy atom. The van der Waals surface area contributed by atoms with E-state index in [1.807, 2.05) is 43.6 Å². The fourth-order valence-electron chi connectivity index (χ4n) is 3.66. The molecule has 0 radical (unpaired) electrons. The minimum absolute atomic E-state index is 0.0244. The molecule has 0 aromatic carbocycles. The van der Waals surface area contributed by atoms with Crippen molar-refractivity contribution in [3.63, 3.8) is 0 Å². The van der Waals surface area contributed by atoms with Gasteiger partial charge in [0.25, 0.3) is 0 Å². The smallest absolute Gasteiger partial charge is 0.154 e. The number of fused-ring (bicyclic) bond motifs is 6. The van der Waals surface area contributed by atoms with Gasteiger partial charge in [0.15, 0.2) is 5.82 Å². The van der Waals surface area contributed by atoms with Gasteiger partial charge in [0.05, 0.1) is 22.9 Å². The van der Waals surface area contributed by atoms with Crippen LogP contribution in [0, 0.1) is 5.41 Å². The highest BCUT2D eigenvalue weighted by Gasteiger charge is 2.17. The van der Waals surface area contributed by atoms with Gasteiger partial charge in [-0.1, -0.05) is 6.92 Å². The normalized spacial score (nSPS) is 16.8. The van der Waals surface area contributed by atoms with Crippen molar-refractivity contribution in [3.8, 4) is 0 Å². The highest BCUT2D eigenvalue weighted by Crippen LogP contribution is 2.28. The Balaban J connectivity index is 1.77. The van der Waals surface area contributed by atoms with Crippen LogP contribution in [0.25, 0.3) is 16.6 Å². The lowest BCUT2D eigenvalue weighted by Crippen LogP contribution is -2.09. The van der Waals surface area contributed by atoms with Crippen molar-refractivity contribution in [2.45, 2.75) is 12.8 Å². The number of allylic oxidation sites excluding steroid dienone is 1. The van der Waals surface area contributed by atoms with Gasteiger partial charge in [0, 0.05) is 54.5 Å². The third kappa shape index (κ3) is 3.48. The molecule has 7 bridgehead atoms. The van der Waals surface area contributed by atoms with Gasteiger partial charge in [-0.25, -0.2) is 4.98 Å². The molecule has 0 spiro atoms. The van der Waals surface area contributed by atoms with E-state index in [1.165, 1.54) is 0 Å². The van der Waals surface area contributed by atoms with Gasteiger partial charge in [-0.3, -0.25) is 15.4 Å². The number of hydrogen-bond acceptors (Lipinski definition) is 8. The van der Waals surface area contributed by atoms with Crippen LogP contribution in [-0.4, -0.2) is 37.9 Å². The summed E-state index contributed by atoms with van der Waals surface area (Å²) in [5.41, 5.74) is 6.06. The topological polar surface area (TPSA) is 112 Å². The maximum Gasteiger partial charge on any atom is 0.154 e. The van der Waals surface area contributed by atoms with Crippen molar-refractivity contribution >= 4 is 34.0 Å². The maximum absolute atomic E-state index is 8.90. The van der Waals surface area contributed by atoms with E-state index in [-0.39, 0.29) is 5.92 Å². The van der Waals surface area contributed by atoms with Crippen molar-refractivity contribution in [1.29, 1.82) is 5.41 Å². The average Bonchev–Trinajstić information content (AvgIpc) is 2.81. The number of anilines is 2. The summed E-state index contributed by atoms with van der Waals surface area (Å²) in [6.07, 6.45) is 8.86. The summed E-state index contributed by atoms with van der Waals surface area (Å²) < 4.78 is 0. The lowest BCUT2D eigenvalue weighted by Gasteiger charge is -2.15. The van der Waals surface area contributed by atoms with Crippen LogP contribution in [-0.2, 0) is 0 Å². The molecule has 4 aromatic rings. The van der Waals surface area contributed by atoms with Crippen LogP contribution in [0.2, 0.25) is 0 Å². The first kappa shape index (κ1) is 18.8. The van der Waals surface area contributed by atoms with E-state index in [0.29, 0.717) is 22.9 Å². The SMILES string of the molecule is CN/C=C1\C(=N)c2cncc(c2)C(C)c2cnnc(c2)Nc2ccc3ncc1cc3n2. The third-order valence-electron chi connectivity index (χ3n) is 5.39. The van der Waals surface area contributed by atoms with E-state index < -0.39 is 0 Å². The van der Waals surface area contributed by atoms with E-state index in [0.717, 1.165) is 33.3 Å². The second-order valence-electron chi connectivity index (χ2n) is 7.41. The Bertz CT molecular complexity index is 1340. The first-order valence-corrected chi connectivity index (χ1v) is 9.91. The molecule has 1 aliphatic heterocycles. The van der Waals surface area contributed by atoms with Crippen LogP contribution in [0.3, 0.4) is 0 Å². The van der Waals surface area contributed by atoms with Crippen molar-refractivity contribution < 1.29 is 0 Å². The number of aromatic nitrogens is 5. The van der Waals surface area contributed by atoms with Gasteiger partial charge >= 0.3 is 0 Å². The Labute approximate surface area is 179 Å². The number of hydrogen-bond donors (Lipinski definition) is 3. The Hall–Kier alpha value is -4.20. The van der Waals surface area contributed by atoms with Crippen molar-refractivity contribution in [3.05, 3.63) is 83.6 Å². The minimum Gasteiger partial charge on any atom is -0.393 e. The largest absolute Gasteiger partial charge is 0.393 e. The molecule has 8 nitrogen and oxygen atoms in total. The summed E-state index contributed by atoms with van der Waals surface area (Å²) in [5.74, 6) is 1.29. The number of nitrogens with one attached hydrogen (secondary N) is 3. The van der Waals surface area contributed by atoms with E-state index in [9.17, 15) is 0 Å². The maximum atomic E-state index is 8.90. The van der Waals surface area contributed by atoms with Gasteiger partial charge in [0.1, 0.15) is 5.82 Å². The lowest BCUT2D eigenvalue weighted by molar-refractivity contribution is 0.879. The summed E-state index contributed by atoms with van der Waals surface area (Å²) in [6, 6.07) is 9.67. The van der Waals surface area contributed by atoms with Crippen molar-refractivity contribution in [2.24, 2.45) is 0 Å². The predicted octanol–water partition coefficient (Wildman–Crippen LogP) is 3.65. The highest BCUT2D eigenvalue weighted by molar-refractivity contribution is 6.30. The average molecular weight is 408 g/mol. The lowest BCUT2D eigenvalue weighted by atomic mass is 9.92. The molecule has 8 heteroatoms. The standard InChI is InChI=1S/C23H20N8/c1-13-14-5-17(9-26-8-14)23(24)18(12-25-2)16-6-20-19(27-10-16)3-4-21(29-20)30-22-7-15(13)11-28-31-22/h3-13,24-25H,1-2H3,(H,29,30,31)/b18-12-,24-23?. The van der Waals surface area contributed by atoms with Crippen LogP contribution in [0.1, 0.15) is 35.1 Å². The molecule has 0 saturated heterocycles. The van der Waals surface area contributed by atoms with Crippen LogP contribution in [0.4, 0.5) is 11.6 Å². The van der Waals surface area contributed by atoms with Crippen LogP contribution < -0.4 is 10.6 Å². The summed E-state index contributed by atoms with van der Waals surface area (Å²) in [5, 5.41) is 23.6. The third-order valence-corrected chi connectivity index (χ3v) is 5.39. The zero-order valence-electron chi connectivity index (χ0n) is 17.1. The molecule has 0 fully saturated rings. The van der Waals surface area contributed by atoms with E-state index in [4.69, 9.17) is 10.4 Å². The molecule has 1 aliphatic rings. The van der Waals surface area contributed by atoms with Gasteiger partial charge in [-0.15, -0.1) is 5.10 Å². The molecule has 0 saturated carbocycles. The molecule has 152 valence electrons. The molecule has 5 heterocycles. The second kappa shape index (κ2) is 7.56. The molecule has 1 unspecified atom stereocenters. The van der Waals surface area contributed by atoms with Crippen LogP contribution in [0.15, 0.2) is 61.3 Å². The van der Waals surface area contributed by atoms with E-state index in [2.05, 4.69) is 37.7 Å². The monoisotopic (exact) mass is 408 g/mol. The molecule has 0 amide bonds. The molecular weight excluding hydrogens is 388 g/mol. The number of pyridine rings is 3. The van der Waals surface area contributed by atoms with Gasteiger partial charge in [-0.2, -0.15) is 5.10 Å². The van der Waals surface area contributed by atoms with Gasteiger partial charge < -0.3 is 10.6 Å². The van der Waals surface area contributed by atoms with E-state index >= 15 is 0 Å². The molecular formula is C23H20N8. The molecule has 3 N–H and O–H groups in total. The minimum atomic E-state index is 0.0244. The zero-order chi connectivity index (χ0) is 21.4.